The molecular formula is C13H11ClN2O. The number of rotatable bonds is 4. The van der Waals surface area contributed by atoms with Crippen LogP contribution in [-0.2, 0) is 6.42 Å². The van der Waals surface area contributed by atoms with Crippen LogP contribution in [0.4, 0.5) is 5.69 Å². The smallest absolute Gasteiger partial charge is 0.105 e. The summed E-state index contributed by atoms with van der Waals surface area (Å²) in [6.07, 6.45) is 2.42. The van der Waals surface area contributed by atoms with E-state index >= 15 is 0 Å². The van der Waals surface area contributed by atoms with E-state index in [2.05, 4.69) is 11.4 Å². The van der Waals surface area contributed by atoms with E-state index in [9.17, 15) is 0 Å². The second-order valence-corrected chi connectivity index (χ2v) is 3.94. The number of hydrogen-bond acceptors (Lipinski definition) is 3. The molecule has 1 N–H and O–H groups in total. The van der Waals surface area contributed by atoms with Crippen LogP contribution in [0.5, 0.6) is 0 Å². The Bertz CT molecular complexity index is 529. The largest absolute Gasteiger partial charge is 0.469 e. The van der Waals surface area contributed by atoms with Crippen LogP contribution >= 0.6 is 11.6 Å². The highest BCUT2D eigenvalue weighted by Gasteiger charge is 2.05. The van der Waals surface area contributed by atoms with Crippen LogP contribution in [0, 0.1) is 11.3 Å². The van der Waals surface area contributed by atoms with E-state index in [1.807, 2.05) is 24.3 Å². The molecule has 1 aromatic carbocycles. The summed E-state index contributed by atoms with van der Waals surface area (Å²) in [4.78, 5) is 0. The van der Waals surface area contributed by atoms with Gasteiger partial charge in [-0.1, -0.05) is 17.7 Å². The van der Waals surface area contributed by atoms with Crippen LogP contribution in [0.25, 0.3) is 0 Å². The predicted molar refractivity (Wildman–Crippen MR) is 67.1 cm³/mol. The Labute approximate surface area is 105 Å². The summed E-state index contributed by atoms with van der Waals surface area (Å²) in [6.45, 7) is 0.697. The van der Waals surface area contributed by atoms with Crippen molar-refractivity contribution in [3.8, 4) is 6.07 Å². The Kier molecular flexibility index (Phi) is 3.69. The molecule has 0 aliphatic rings. The molecule has 0 bridgehead atoms. The van der Waals surface area contributed by atoms with E-state index in [-0.39, 0.29) is 0 Å². The molecule has 2 rings (SSSR count). The first kappa shape index (κ1) is 11.6. The average molecular weight is 247 g/mol. The van der Waals surface area contributed by atoms with Crippen LogP contribution in [0.1, 0.15) is 11.3 Å². The summed E-state index contributed by atoms with van der Waals surface area (Å²) in [5.41, 5.74) is 1.24. The highest BCUT2D eigenvalue weighted by Crippen LogP contribution is 2.23. The first-order chi connectivity index (χ1) is 8.31. The van der Waals surface area contributed by atoms with Gasteiger partial charge in [-0.25, -0.2) is 0 Å². The molecule has 0 spiro atoms. The summed E-state index contributed by atoms with van der Waals surface area (Å²) in [5.74, 6) is 0.915. The van der Waals surface area contributed by atoms with Gasteiger partial charge < -0.3 is 9.73 Å². The van der Waals surface area contributed by atoms with Gasteiger partial charge in [0, 0.05) is 13.0 Å². The van der Waals surface area contributed by atoms with Crippen LogP contribution in [0.3, 0.4) is 0 Å². The fraction of sp³-hybridized carbons (Fsp3) is 0.154. The van der Waals surface area contributed by atoms with Crippen LogP contribution < -0.4 is 5.32 Å². The maximum Gasteiger partial charge on any atom is 0.105 e. The second kappa shape index (κ2) is 5.42. The molecule has 0 saturated heterocycles. The van der Waals surface area contributed by atoms with Crippen LogP contribution in [-0.4, -0.2) is 6.54 Å². The van der Waals surface area contributed by atoms with Crippen molar-refractivity contribution in [3.05, 3.63) is 52.9 Å². The minimum atomic E-state index is 0.468. The molecule has 17 heavy (non-hydrogen) atoms. The van der Waals surface area contributed by atoms with Gasteiger partial charge in [-0.15, -0.1) is 0 Å². The Morgan fingerprint density at radius 2 is 2.18 bits per heavy atom. The van der Waals surface area contributed by atoms with E-state index in [0.717, 1.165) is 17.9 Å². The Balaban J connectivity index is 2.00. The molecule has 0 fully saturated rings. The molecule has 0 aliphatic heterocycles. The molecule has 0 amide bonds. The van der Waals surface area contributed by atoms with E-state index in [0.29, 0.717) is 17.1 Å². The van der Waals surface area contributed by atoms with Crippen molar-refractivity contribution in [2.24, 2.45) is 0 Å². The van der Waals surface area contributed by atoms with Crippen molar-refractivity contribution >= 4 is 17.3 Å². The lowest BCUT2D eigenvalue weighted by molar-refractivity contribution is 0.513. The molecule has 1 aromatic heterocycles. The number of benzene rings is 1. The Morgan fingerprint density at radius 3 is 2.88 bits per heavy atom. The molecule has 0 radical (unpaired) electrons. The molecule has 0 atom stereocenters. The number of nitrogens with zero attached hydrogens (tertiary/aromatic N) is 1. The predicted octanol–water partition coefficient (Wildman–Crippen LogP) is 3.46. The highest BCUT2D eigenvalue weighted by molar-refractivity contribution is 6.32. The maximum absolute atomic E-state index is 8.99. The molecule has 0 unspecified atom stereocenters. The van der Waals surface area contributed by atoms with Gasteiger partial charge in [-0.2, -0.15) is 5.26 Å². The van der Waals surface area contributed by atoms with Crippen molar-refractivity contribution in [1.29, 1.82) is 5.26 Å². The number of hydrogen-bond donors (Lipinski definition) is 1. The zero-order chi connectivity index (χ0) is 12.1. The lowest BCUT2D eigenvalue weighted by Crippen LogP contribution is -2.05. The Morgan fingerprint density at radius 1 is 1.29 bits per heavy atom. The van der Waals surface area contributed by atoms with Crippen LogP contribution in [0.15, 0.2) is 41.0 Å². The minimum Gasteiger partial charge on any atom is -0.469 e. The standard InChI is InChI=1S/C13H11ClN2O/c14-12-4-1-5-13(11(12)9-15)16-7-6-10-3-2-8-17-10/h1-5,8,16H,6-7H2. The first-order valence-electron chi connectivity index (χ1n) is 5.26. The summed E-state index contributed by atoms with van der Waals surface area (Å²) in [6, 6.07) is 11.2. The second-order valence-electron chi connectivity index (χ2n) is 3.53. The van der Waals surface area contributed by atoms with E-state index in [1.165, 1.54) is 0 Å². The summed E-state index contributed by atoms with van der Waals surface area (Å²) in [5, 5.41) is 12.6. The van der Waals surface area contributed by atoms with Crippen molar-refractivity contribution < 1.29 is 4.42 Å². The van der Waals surface area contributed by atoms with Crippen molar-refractivity contribution in [3.63, 3.8) is 0 Å². The highest BCUT2D eigenvalue weighted by atomic mass is 35.5. The van der Waals surface area contributed by atoms with E-state index < -0.39 is 0 Å². The summed E-state index contributed by atoms with van der Waals surface area (Å²) < 4.78 is 5.22. The molecule has 4 heteroatoms. The van der Waals surface area contributed by atoms with E-state index in [4.69, 9.17) is 21.3 Å². The number of anilines is 1. The van der Waals surface area contributed by atoms with Gasteiger partial charge in [0.2, 0.25) is 0 Å². The van der Waals surface area contributed by atoms with Crippen molar-refractivity contribution in [1.82, 2.24) is 0 Å². The molecular weight excluding hydrogens is 236 g/mol. The number of furan rings is 1. The number of nitriles is 1. The zero-order valence-corrected chi connectivity index (χ0v) is 9.87. The molecule has 86 valence electrons. The molecule has 0 aliphatic carbocycles. The SMILES string of the molecule is N#Cc1c(Cl)cccc1NCCc1ccco1. The number of nitrogens with one attached hydrogen (secondary N) is 1. The van der Waals surface area contributed by atoms with Gasteiger partial charge in [-0.3, -0.25) is 0 Å². The topological polar surface area (TPSA) is 49.0 Å². The Hall–Kier alpha value is -1.92. The van der Waals surface area contributed by atoms with Gasteiger partial charge >= 0.3 is 0 Å². The van der Waals surface area contributed by atoms with E-state index in [1.54, 1.807) is 12.3 Å². The van der Waals surface area contributed by atoms with Crippen LogP contribution in [0.2, 0.25) is 5.02 Å². The fourth-order valence-electron chi connectivity index (χ4n) is 1.56. The third-order valence-corrected chi connectivity index (χ3v) is 2.71. The van der Waals surface area contributed by atoms with Crippen molar-refractivity contribution in [2.45, 2.75) is 6.42 Å². The first-order valence-corrected chi connectivity index (χ1v) is 5.64. The van der Waals surface area contributed by atoms with Gasteiger partial charge in [0.25, 0.3) is 0 Å². The molecule has 1 heterocycles. The maximum atomic E-state index is 8.99. The van der Waals surface area contributed by atoms with Gasteiger partial charge in [0.1, 0.15) is 11.8 Å². The van der Waals surface area contributed by atoms with Crippen molar-refractivity contribution in [2.75, 3.05) is 11.9 Å². The summed E-state index contributed by atoms with van der Waals surface area (Å²) in [7, 11) is 0. The molecule has 2 aromatic rings. The normalized spacial score (nSPS) is 9.88. The molecule has 3 nitrogen and oxygen atoms in total. The van der Waals surface area contributed by atoms with Gasteiger partial charge in [0.15, 0.2) is 0 Å². The molecule has 0 saturated carbocycles. The van der Waals surface area contributed by atoms with Gasteiger partial charge in [0.05, 0.1) is 22.5 Å². The third-order valence-electron chi connectivity index (χ3n) is 2.39. The number of halogens is 1. The summed E-state index contributed by atoms with van der Waals surface area (Å²) >= 11 is 5.93. The third kappa shape index (κ3) is 2.80. The fourth-order valence-corrected chi connectivity index (χ4v) is 1.78. The minimum absolute atomic E-state index is 0.468. The average Bonchev–Trinajstić information content (AvgIpc) is 2.82. The zero-order valence-electron chi connectivity index (χ0n) is 9.11. The quantitative estimate of drug-likeness (QED) is 0.899. The van der Waals surface area contributed by atoms with Gasteiger partial charge in [-0.05, 0) is 24.3 Å². The lowest BCUT2D eigenvalue weighted by Gasteiger charge is -2.07. The monoisotopic (exact) mass is 246 g/mol. The lowest BCUT2D eigenvalue weighted by atomic mass is 10.2.